The summed E-state index contributed by atoms with van der Waals surface area (Å²) in [6.07, 6.45) is 2.17. The van der Waals surface area contributed by atoms with E-state index in [-0.39, 0.29) is 11.7 Å². The van der Waals surface area contributed by atoms with Crippen molar-refractivity contribution in [2.45, 2.75) is 12.8 Å². The molecule has 5 heteroatoms. The molecule has 1 aliphatic heterocycles. The highest BCUT2D eigenvalue weighted by atomic mass is 127. The van der Waals surface area contributed by atoms with Crippen molar-refractivity contribution in [1.82, 2.24) is 4.90 Å². The van der Waals surface area contributed by atoms with E-state index in [1.165, 1.54) is 12.1 Å². The van der Waals surface area contributed by atoms with Crippen molar-refractivity contribution in [1.29, 1.82) is 0 Å². The van der Waals surface area contributed by atoms with Crippen LogP contribution in [-0.4, -0.2) is 29.2 Å². The Morgan fingerprint density at radius 3 is 3.00 bits per heavy atom. The van der Waals surface area contributed by atoms with E-state index in [2.05, 4.69) is 15.9 Å². The molecule has 1 aliphatic rings. The van der Waals surface area contributed by atoms with Gasteiger partial charge in [0.05, 0.1) is 5.56 Å². The number of carbonyl (C=O) groups excluding carboxylic acids is 1. The maximum atomic E-state index is 13.0. The second-order valence-corrected chi connectivity index (χ2v) is 6.46. The average molecular weight is 426 g/mol. The molecule has 1 atom stereocenters. The summed E-state index contributed by atoms with van der Waals surface area (Å²) in [5.41, 5.74) is 0.608. The molecule has 0 spiro atoms. The van der Waals surface area contributed by atoms with Crippen LogP contribution in [-0.2, 0) is 0 Å². The lowest BCUT2D eigenvalue weighted by Crippen LogP contribution is -2.29. The van der Waals surface area contributed by atoms with Crippen LogP contribution in [0.2, 0.25) is 0 Å². The Balaban J connectivity index is 2.08. The highest BCUT2D eigenvalue weighted by Crippen LogP contribution is 2.24. The molecule has 0 saturated carbocycles. The Morgan fingerprint density at radius 2 is 2.33 bits per heavy atom. The monoisotopic (exact) mass is 425 g/mol. The molecule has 1 saturated heterocycles. The van der Waals surface area contributed by atoms with Gasteiger partial charge in [-0.15, -0.1) is 0 Å². The van der Waals surface area contributed by atoms with Gasteiger partial charge in [0.1, 0.15) is 5.82 Å². The SMILES string of the molecule is O=C(c1ccc(F)cc1I)N1CCC(CCBr)C1. The minimum absolute atomic E-state index is 0.0245. The lowest BCUT2D eigenvalue weighted by molar-refractivity contribution is 0.0786. The Bertz CT molecular complexity index is 455. The molecule has 18 heavy (non-hydrogen) atoms. The molecule has 0 N–H and O–H groups in total. The number of benzene rings is 1. The van der Waals surface area contributed by atoms with E-state index in [1.54, 1.807) is 6.07 Å². The number of alkyl halides is 1. The molecule has 0 bridgehead atoms. The summed E-state index contributed by atoms with van der Waals surface area (Å²) in [5.74, 6) is 0.317. The summed E-state index contributed by atoms with van der Waals surface area (Å²) in [6.45, 7) is 1.63. The highest BCUT2D eigenvalue weighted by Gasteiger charge is 2.27. The van der Waals surface area contributed by atoms with Gasteiger partial charge in [-0.3, -0.25) is 4.79 Å². The molecular weight excluding hydrogens is 412 g/mol. The molecule has 0 radical (unpaired) electrons. The lowest BCUT2D eigenvalue weighted by Gasteiger charge is -2.17. The first-order valence-corrected chi connectivity index (χ1v) is 8.12. The second kappa shape index (κ2) is 6.32. The summed E-state index contributed by atoms with van der Waals surface area (Å²) in [5, 5.41) is 0.980. The molecule has 1 amide bonds. The summed E-state index contributed by atoms with van der Waals surface area (Å²) in [6, 6.07) is 4.33. The van der Waals surface area contributed by atoms with E-state index < -0.39 is 0 Å². The van der Waals surface area contributed by atoms with Crippen molar-refractivity contribution >= 4 is 44.4 Å². The molecule has 2 nitrogen and oxygen atoms in total. The molecule has 0 aliphatic carbocycles. The maximum Gasteiger partial charge on any atom is 0.254 e. The molecular formula is C13H14BrFINO. The van der Waals surface area contributed by atoms with Crippen LogP contribution in [0.5, 0.6) is 0 Å². The van der Waals surface area contributed by atoms with Gasteiger partial charge in [-0.2, -0.15) is 0 Å². The zero-order chi connectivity index (χ0) is 13.1. The van der Waals surface area contributed by atoms with Gasteiger partial charge in [0.2, 0.25) is 0 Å². The van der Waals surface area contributed by atoms with E-state index in [0.717, 1.165) is 31.3 Å². The number of rotatable bonds is 3. The predicted octanol–water partition coefficient (Wildman–Crippen LogP) is 3.68. The fraction of sp³-hybridized carbons (Fsp3) is 0.462. The maximum absolute atomic E-state index is 13.0. The number of nitrogens with zero attached hydrogens (tertiary/aromatic N) is 1. The molecule has 1 fully saturated rings. The smallest absolute Gasteiger partial charge is 0.254 e. The van der Waals surface area contributed by atoms with Crippen LogP contribution in [0.3, 0.4) is 0 Å². The summed E-state index contributed by atoms with van der Waals surface area (Å²) < 4.78 is 13.7. The van der Waals surface area contributed by atoms with Gasteiger partial charge in [-0.25, -0.2) is 4.39 Å². The second-order valence-electron chi connectivity index (χ2n) is 4.51. The first kappa shape index (κ1) is 14.2. The van der Waals surface area contributed by atoms with Gasteiger partial charge in [0.15, 0.2) is 0 Å². The molecule has 1 aromatic carbocycles. The minimum Gasteiger partial charge on any atom is -0.338 e. The van der Waals surface area contributed by atoms with Gasteiger partial charge in [0.25, 0.3) is 5.91 Å². The van der Waals surface area contributed by atoms with Crippen molar-refractivity contribution in [3.8, 4) is 0 Å². The summed E-state index contributed by atoms with van der Waals surface area (Å²) in [7, 11) is 0. The van der Waals surface area contributed by atoms with Gasteiger partial charge in [-0.1, -0.05) is 15.9 Å². The van der Waals surface area contributed by atoms with E-state index in [1.807, 2.05) is 27.5 Å². The number of hydrogen-bond donors (Lipinski definition) is 0. The standard InChI is InChI=1S/C13H14BrFINO/c14-5-3-9-4-6-17(8-9)13(18)11-2-1-10(15)7-12(11)16/h1-2,7,9H,3-6,8H2. The van der Waals surface area contributed by atoms with E-state index in [4.69, 9.17) is 0 Å². The van der Waals surface area contributed by atoms with Gasteiger partial charge < -0.3 is 4.90 Å². The molecule has 0 aromatic heterocycles. The summed E-state index contributed by atoms with van der Waals surface area (Å²) in [4.78, 5) is 14.2. The third-order valence-corrected chi connectivity index (χ3v) is 4.60. The Kier molecular flexibility index (Phi) is 5.00. The number of carbonyl (C=O) groups is 1. The van der Waals surface area contributed by atoms with E-state index >= 15 is 0 Å². The number of halogens is 3. The van der Waals surface area contributed by atoms with E-state index in [0.29, 0.717) is 15.1 Å². The third kappa shape index (κ3) is 3.23. The zero-order valence-corrected chi connectivity index (χ0v) is 13.6. The molecule has 2 rings (SSSR count). The van der Waals surface area contributed by atoms with Crippen molar-refractivity contribution in [3.63, 3.8) is 0 Å². The average Bonchev–Trinajstić information content (AvgIpc) is 2.77. The van der Waals surface area contributed by atoms with Gasteiger partial charge >= 0.3 is 0 Å². The van der Waals surface area contributed by atoms with Crippen LogP contribution < -0.4 is 0 Å². The Hall–Kier alpha value is -0.170. The normalized spacial score (nSPS) is 19.3. The van der Waals surface area contributed by atoms with Crippen LogP contribution in [0.15, 0.2) is 18.2 Å². The van der Waals surface area contributed by atoms with Crippen LogP contribution >= 0.6 is 38.5 Å². The first-order valence-electron chi connectivity index (χ1n) is 5.92. The van der Waals surface area contributed by atoms with Crippen LogP contribution in [0, 0.1) is 15.3 Å². The predicted molar refractivity (Wildman–Crippen MR) is 81.5 cm³/mol. The summed E-state index contributed by atoms with van der Waals surface area (Å²) >= 11 is 5.45. The molecule has 98 valence electrons. The number of amides is 1. The van der Waals surface area contributed by atoms with Gasteiger partial charge in [0, 0.05) is 22.0 Å². The van der Waals surface area contributed by atoms with Gasteiger partial charge in [-0.05, 0) is 59.5 Å². The van der Waals surface area contributed by atoms with Crippen molar-refractivity contribution in [2.75, 3.05) is 18.4 Å². The van der Waals surface area contributed by atoms with E-state index in [9.17, 15) is 9.18 Å². The zero-order valence-electron chi connectivity index (χ0n) is 9.83. The first-order chi connectivity index (χ1) is 8.61. The number of hydrogen-bond acceptors (Lipinski definition) is 1. The van der Waals surface area contributed by atoms with Crippen LogP contribution in [0.1, 0.15) is 23.2 Å². The lowest BCUT2D eigenvalue weighted by atomic mass is 10.1. The van der Waals surface area contributed by atoms with Crippen molar-refractivity contribution < 1.29 is 9.18 Å². The quantitative estimate of drug-likeness (QED) is 0.534. The van der Waals surface area contributed by atoms with Crippen LogP contribution in [0.4, 0.5) is 4.39 Å². The Labute approximate surface area is 128 Å². The van der Waals surface area contributed by atoms with Crippen LogP contribution in [0.25, 0.3) is 0 Å². The minimum atomic E-state index is -0.297. The molecule has 1 unspecified atom stereocenters. The largest absolute Gasteiger partial charge is 0.338 e. The third-order valence-electron chi connectivity index (χ3n) is 3.25. The molecule has 1 heterocycles. The number of likely N-dealkylation sites (tertiary alicyclic amines) is 1. The fourth-order valence-electron chi connectivity index (χ4n) is 2.24. The highest BCUT2D eigenvalue weighted by molar-refractivity contribution is 14.1. The van der Waals surface area contributed by atoms with Crippen molar-refractivity contribution in [2.24, 2.45) is 5.92 Å². The Morgan fingerprint density at radius 1 is 1.56 bits per heavy atom. The molecule has 1 aromatic rings. The fourth-order valence-corrected chi connectivity index (χ4v) is 3.60. The van der Waals surface area contributed by atoms with Crippen molar-refractivity contribution in [3.05, 3.63) is 33.1 Å². The topological polar surface area (TPSA) is 20.3 Å².